The molecule has 1 amide bonds. The Hall–Kier alpha value is -2.95. The zero-order valence-electron chi connectivity index (χ0n) is 22.3. The first kappa shape index (κ1) is 27.1. The predicted molar refractivity (Wildman–Crippen MR) is 151 cm³/mol. The number of carbonyl (C=O) groups excluding carboxylic acids is 1. The summed E-state index contributed by atoms with van der Waals surface area (Å²) in [5.74, 6) is 0.865. The molecule has 0 unspecified atom stereocenters. The van der Waals surface area contributed by atoms with Gasteiger partial charge in [0.05, 0.1) is 11.8 Å². The summed E-state index contributed by atoms with van der Waals surface area (Å²) in [6.07, 6.45) is 5.59. The molecule has 0 aliphatic carbocycles. The van der Waals surface area contributed by atoms with Crippen LogP contribution in [-0.2, 0) is 17.8 Å². The number of benzene rings is 3. The molecule has 4 rings (SSSR count). The molecule has 2 N–H and O–H groups in total. The molecule has 2 atom stereocenters. The minimum absolute atomic E-state index is 0.00921. The lowest BCUT2D eigenvalue weighted by atomic mass is 9.84. The fourth-order valence-corrected chi connectivity index (χ4v) is 5.54. The van der Waals surface area contributed by atoms with Crippen LogP contribution >= 0.6 is 0 Å². The quantitative estimate of drug-likeness (QED) is 0.292. The monoisotopic (exact) mass is 497 g/mol. The Morgan fingerprint density at radius 2 is 1.35 bits per heavy atom. The Morgan fingerprint density at radius 3 is 1.89 bits per heavy atom. The van der Waals surface area contributed by atoms with Crippen LogP contribution in [0.3, 0.4) is 0 Å². The van der Waals surface area contributed by atoms with Crippen LogP contribution in [0, 0.1) is 5.92 Å². The van der Waals surface area contributed by atoms with E-state index >= 15 is 0 Å². The summed E-state index contributed by atoms with van der Waals surface area (Å²) in [4.78, 5) is 16.2. The normalized spacial score (nSPS) is 17.9. The number of unbranched alkanes of at least 4 members (excludes halogenated alkanes) is 2. The molecular formula is C33H41N2O2. The van der Waals surface area contributed by atoms with E-state index in [1.807, 2.05) is 71.6 Å². The van der Waals surface area contributed by atoms with Crippen LogP contribution in [0.1, 0.15) is 69.1 Å². The Morgan fingerprint density at radius 1 is 0.838 bits per heavy atom. The third-order valence-electron chi connectivity index (χ3n) is 7.60. The standard InChI is InChI=1S/C33H41N2O2/c1-3-5-22-33(23-6-4-2)34-30(32(37)35(33)25-27-18-12-8-13-19-27)31(36)29(28-20-14-9-15-21-28)24-26-16-10-7-11-17-26/h7-21,30-31,34,36H,3-6,22-25H2,1-2H3/t30-,31+/m0/s1. The van der Waals surface area contributed by atoms with E-state index in [0.29, 0.717) is 13.0 Å². The van der Waals surface area contributed by atoms with Crippen molar-refractivity contribution < 1.29 is 9.90 Å². The van der Waals surface area contributed by atoms with Gasteiger partial charge in [-0.3, -0.25) is 10.1 Å². The Bertz CT molecular complexity index is 1080. The molecule has 0 saturated carbocycles. The van der Waals surface area contributed by atoms with Gasteiger partial charge in [0, 0.05) is 12.5 Å². The van der Waals surface area contributed by atoms with E-state index in [9.17, 15) is 9.90 Å². The van der Waals surface area contributed by atoms with Crippen LogP contribution in [0.5, 0.6) is 0 Å². The van der Waals surface area contributed by atoms with Gasteiger partial charge >= 0.3 is 0 Å². The van der Waals surface area contributed by atoms with Gasteiger partial charge in [0.15, 0.2) is 0 Å². The Kier molecular flexibility index (Phi) is 9.54. The Balaban J connectivity index is 1.69. The summed E-state index contributed by atoms with van der Waals surface area (Å²) in [6.45, 7) is 4.93. The molecule has 0 aromatic heterocycles. The van der Waals surface area contributed by atoms with E-state index in [1.165, 1.54) is 0 Å². The molecule has 37 heavy (non-hydrogen) atoms. The van der Waals surface area contributed by atoms with E-state index in [-0.39, 0.29) is 5.91 Å². The molecule has 1 aliphatic heterocycles. The second-order valence-electron chi connectivity index (χ2n) is 10.3. The fraction of sp³-hybridized carbons (Fsp3) is 0.394. The lowest BCUT2D eigenvalue weighted by molar-refractivity contribution is -0.134. The maximum atomic E-state index is 14.2. The number of rotatable bonds is 13. The lowest BCUT2D eigenvalue weighted by Crippen LogP contribution is -2.53. The van der Waals surface area contributed by atoms with Crippen molar-refractivity contribution in [2.24, 2.45) is 0 Å². The van der Waals surface area contributed by atoms with Crippen LogP contribution in [0.2, 0.25) is 0 Å². The van der Waals surface area contributed by atoms with Gasteiger partial charge < -0.3 is 10.0 Å². The molecule has 1 fully saturated rings. The lowest BCUT2D eigenvalue weighted by Gasteiger charge is -2.39. The molecule has 1 heterocycles. The summed E-state index contributed by atoms with van der Waals surface area (Å²) in [7, 11) is 0. The molecule has 195 valence electrons. The van der Waals surface area contributed by atoms with Gasteiger partial charge in [-0.2, -0.15) is 0 Å². The van der Waals surface area contributed by atoms with E-state index in [4.69, 9.17) is 0 Å². The molecule has 4 nitrogen and oxygen atoms in total. The molecule has 3 aromatic rings. The van der Waals surface area contributed by atoms with Gasteiger partial charge in [-0.05, 0) is 36.0 Å². The van der Waals surface area contributed by atoms with Gasteiger partial charge in [-0.25, -0.2) is 0 Å². The van der Waals surface area contributed by atoms with E-state index in [2.05, 4.69) is 43.4 Å². The van der Waals surface area contributed by atoms with Crippen molar-refractivity contribution in [1.29, 1.82) is 0 Å². The second kappa shape index (κ2) is 13.0. The summed E-state index contributed by atoms with van der Waals surface area (Å²) in [5, 5.41) is 15.6. The van der Waals surface area contributed by atoms with E-state index < -0.39 is 17.8 Å². The van der Waals surface area contributed by atoms with Gasteiger partial charge in [0.25, 0.3) is 0 Å². The first-order valence-corrected chi connectivity index (χ1v) is 13.8. The minimum Gasteiger partial charge on any atom is -0.390 e. The van der Waals surface area contributed by atoms with Crippen LogP contribution in [0.4, 0.5) is 0 Å². The highest BCUT2D eigenvalue weighted by Crippen LogP contribution is 2.37. The molecule has 0 bridgehead atoms. The second-order valence-corrected chi connectivity index (χ2v) is 10.3. The number of hydrogen-bond acceptors (Lipinski definition) is 3. The average molecular weight is 498 g/mol. The van der Waals surface area contributed by atoms with E-state index in [1.54, 1.807) is 0 Å². The van der Waals surface area contributed by atoms with Crippen molar-refractivity contribution in [3.63, 3.8) is 0 Å². The van der Waals surface area contributed by atoms with Crippen molar-refractivity contribution in [2.45, 2.75) is 83.1 Å². The van der Waals surface area contributed by atoms with Crippen LogP contribution in [-0.4, -0.2) is 33.7 Å². The SMILES string of the molecule is CCCCC1(CCCC)N[C@@H]([C@H](O)[C](Cc2ccccc2)c2ccccc2)C(=O)N1Cc1ccccc1. The number of carbonyl (C=O) groups is 1. The molecule has 4 heteroatoms. The number of aliphatic hydroxyl groups is 1. The smallest absolute Gasteiger partial charge is 0.244 e. The number of hydrogen-bond donors (Lipinski definition) is 2. The number of aliphatic hydroxyl groups excluding tert-OH is 1. The Labute approximate surface area is 222 Å². The summed E-state index contributed by atoms with van der Waals surface area (Å²) < 4.78 is 0. The fourth-order valence-electron chi connectivity index (χ4n) is 5.54. The molecule has 1 aliphatic rings. The molecular weight excluding hydrogens is 456 g/mol. The van der Waals surface area contributed by atoms with Gasteiger partial charge in [-0.15, -0.1) is 0 Å². The largest absolute Gasteiger partial charge is 0.390 e. The van der Waals surface area contributed by atoms with Crippen LogP contribution in [0.25, 0.3) is 0 Å². The maximum absolute atomic E-state index is 14.2. The van der Waals surface area contributed by atoms with Crippen molar-refractivity contribution >= 4 is 5.91 Å². The highest BCUT2D eigenvalue weighted by atomic mass is 16.3. The van der Waals surface area contributed by atoms with Crippen molar-refractivity contribution in [1.82, 2.24) is 10.2 Å². The zero-order valence-corrected chi connectivity index (χ0v) is 22.3. The molecule has 3 aromatic carbocycles. The predicted octanol–water partition coefficient (Wildman–Crippen LogP) is 6.29. The third-order valence-corrected chi connectivity index (χ3v) is 7.60. The summed E-state index contributed by atoms with van der Waals surface area (Å²) in [6, 6.07) is 29.8. The average Bonchev–Trinajstić information content (AvgIpc) is 3.22. The molecule has 1 saturated heterocycles. The van der Waals surface area contributed by atoms with Gasteiger partial charge in [0.2, 0.25) is 5.91 Å². The number of nitrogens with zero attached hydrogens (tertiary/aromatic N) is 1. The molecule has 0 spiro atoms. The van der Waals surface area contributed by atoms with Crippen molar-refractivity contribution in [3.05, 3.63) is 114 Å². The highest BCUT2D eigenvalue weighted by molar-refractivity contribution is 5.86. The topological polar surface area (TPSA) is 52.6 Å². The highest BCUT2D eigenvalue weighted by Gasteiger charge is 2.52. The number of nitrogens with one attached hydrogen (secondary N) is 1. The number of amides is 1. The third kappa shape index (κ3) is 6.49. The van der Waals surface area contributed by atoms with Crippen LogP contribution in [0.15, 0.2) is 91.0 Å². The zero-order chi connectivity index (χ0) is 26.1. The van der Waals surface area contributed by atoms with Crippen LogP contribution < -0.4 is 5.32 Å². The summed E-state index contributed by atoms with van der Waals surface area (Å²) >= 11 is 0. The van der Waals surface area contributed by atoms with Gasteiger partial charge in [-0.1, -0.05) is 131 Å². The van der Waals surface area contributed by atoms with Gasteiger partial charge in [0.1, 0.15) is 6.04 Å². The first-order chi connectivity index (χ1) is 18.1. The van der Waals surface area contributed by atoms with Crippen molar-refractivity contribution in [2.75, 3.05) is 0 Å². The summed E-state index contributed by atoms with van der Waals surface area (Å²) in [5.41, 5.74) is 2.75. The molecule has 1 radical (unpaired) electrons. The minimum atomic E-state index is -0.932. The maximum Gasteiger partial charge on any atom is 0.244 e. The first-order valence-electron chi connectivity index (χ1n) is 13.8. The van der Waals surface area contributed by atoms with Crippen molar-refractivity contribution in [3.8, 4) is 0 Å². The van der Waals surface area contributed by atoms with E-state index in [0.717, 1.165) is 61.1 Å².